The number of rotatable bonds is 6. The van der Waals surface area contributed by atoms with Crippen LogP contribution in [0.2, 0.25) is 5.02 Å². The van der Waals surface area contributed by atoms with Crippen LogP contribution >= 0.6 is 23.8 Å². The third-order valence-corrected chi connectivity index (χ3v) is 3.97. The first-order valence-corrected chi connectivity index (χ1v) is 7.98. The molecule has 21 heavy (non-hydrogen) atoms. The van der Waals surface area contributed by atoms with E-state index >= 15 is 0 Å². The van der Waals surface area contributed by atoms with Crippen molar-refractivity contribution in [2.24, 2.45) is 0 Å². The second kappa shape index (κ2) is 8.20. The highest BCUT2D eigenvalue weighted by Crippen LogP contribution is 2.10. The number of likely N-dealkylation sites (tertiary alicyclic amines) is 1. The van der Waals surface area contributed by atoms with Gasteiger partial charge in [-0.3, -0.25) is 4.79 Å². The molecule has 0 unspecified atom stereocenters. The SMILES string of the molecule is O=C1CCCN1CCCNC(=S)NCc1ccc(Cl)cc1. The molecule has 1 fully saturated rings. The van der Waals surface area contributed by atoms with Gasteiger partial charge in [0.05, 0.1) is 0 Å². The fraction of sp³-hybridized carbons (Fsp3) is 0.467. The largest absolute Gasteiger partial charge is 0.363 e. The highest BCUT2D eigenvalue weighted by atomic mass is 35.5. The normalized spacial score (nSPS) is 14.3. The third-order valence-electron chi connectivity index (χ3n) is 3.43. The minimum atomic E-state index is 0.276. The Morgan fingerprint density at radius 2 is 2.05 bits per heavy atom. The predicted octanol–water partition coefficient (Wildman–Crippen LogP) is 2.32. The summed E-state index contributed by atoms with van der Waals surface area (Å²) in [6.45, 7) is 3.16. The first-order valence-electron chi connectivity index (χ1n) is 7.19. The van der Waals surface area contributed by atoms with Crippen molar-refractivity contribution in [3.8, 4) is 0 Å². The Balaban J connectivity index is 1.57. The fourth-order valence-electron chi connectivity index (χ4n) is 2.26. The maximum absolute atomic E-state index is 11.4. The predicted molar refractivity (Wildman–Crippen MR) is 89.3 cm³/mol. The highest BCUT2D eigenvalue weighted by molar-refractivity contribution is 7.80. The molecule has 114 valence electrons. The number of carbonyl (C=O) groups excluding carboxylic acids is 1. The van der Waals surface area contributed by atoms with Crippen LogP contribution in [0.5, 0.6) is 0 Å². The summed E-state index contributed by atoms with van der Waals surface area (Å²) in [5.74, 6) is 0.276. The first kappa shape index (κ1) is 16.0. The van der Waals surface area contributed by atoms with Gasteiger partial charge in [-0.15, -0.1) is 0 Å². The summed E-state index contributed by atoms with van der Waals surface area (Å²) in [6, 6.07) is 7.66. The number of amides is 1. The lowest BCUT2D eigenvalue weighted by molar-refractivity contribution is -0.127. The molecule has 0 aromatic heterocycles. The molecule has 2 N–H and O–H groups in total. The molecule has 1 aliphatic heterocycles. The van der Waals surface area contributed by atoms with Gasteiger partial charge < -0.3 is 15.5 Å². The Morgan fingerprint density at radius 1 is 1.29 bits per heavy atom. The number of benzene rings is 1. The maximum Gasteiger partial charge on any atom is 0.222 e. The number of thiocarbonyl (C=S) groups is 1. The van der Waals surface area contributed by atoms with Gasteiger partial charge in [-0.2, -0.15) is 0 Å². The topological polar surface area (TPSA) is 44.4 Å². The Bertz CT molecular complexity index is 492. The van der Waals surface area contributed by atoms with E-state index in [0.29, 0.717) is 18.1 Å². The molecular formula is C15H20ClN3OS. The van der Waals surface area contributed by atoms with Crippen molar-refractivity contribution in [3.05, 3.63) is 34.9 Å². The molecule has 0 spiro atoms. The van der Waals surface area contributed by atoms with Crippen LogP contribution < -0.4 is 10.6 Å². The van der Waals surface area contributed by atoms with E-state index in [1.54, 1.807) is 0 Å². The van der Waals surface area contributed by atoms with Crippen molar-refractivity contribution < 1.29 is 4.79 Å². The zero-order chi connectivity index (χ0) is 15.1. The lowest BCUT2D eigenvalue weighted by Crippen LogP contribution is -2.36. The van der Waals surface area contributed by atoms with Crippen molar-refractivity contribution in [3.63, 3.8) is 0 Å². The molecule has 4 nitrogen and oxygen atoms in total. The Kier molecular flexibility index (Phi) is 6.26. The highest BCUT2D eigenvalue weighted by Gasteiger charge is 2.18. The molecule has 0 bridgehead atoms. The molecule has 6 heteroatoms. The first-order chi connectivity index (χ1) is 10.1. The fourth-order valence-corrected chi connectivity index (χ4v) is 2.56. The number of hydrogen-bond donors (Lipinski definition) is 2. The molecule has 2 rings (SSSR count). The lowest BCUT2D eigenvalue weighted by Gasteiger charge is -2.16. The summed E-state index contributed by atoms with van der Waals surface area (Å²) in [5.41, 5.74) is 1.13. The smallest absolute Gasteiger partial charge is 0.222 e. The zero-order valence-corrected chi connectivity index (χ0v) is 13.5. The van der Waals surface area contributed by atoms with Gasteiger partial charge in [0.15, 0.2) is 5.11 Å². The molecule has 0 atom stereocenters. The van der Waals surface area contributed by atoms with Crippen molar-refractivity contribution in [1.82, 2.24) is 15.5 Å². The molecule has 0 saturated carbocycles. The van der Waals surface area contributed by atoms with Gasteiger partial charge in [0.1, 0.15) is 0 Å². The Labute approximate surface area is 135 Å². The van der Waals surface area contributed by atoms with E-state index in [1.807, 2.05) is 29.2 Å². The van der Waals surface area contributed by atoms with Crippen LogP contribution in [0.3, 0.4) is 0 Å². The van der Waals surface area contributed by atoms with E-state index in [4.69, 9.17) is 23.8 Å². The summed E-state index contributed by atoms with van der Waals surface area (Å²) >= 11 is 11.1. The van der Waals surface area contributed by atoms with Gasteiger partial charge in [0, 0.05) is 37.6 Å². The average Bonchev–Trinajstić information content (AvgIpc) is 2.88. The quantitative estimate of drug-likeness (QED) is 0.622. The van der Waals surface area contributed by atoms with E-state index in [2.05, 4.69) is 10.6 Å². The minimum Gasteiger partial charge on any atom is -0.363 e. The molecule has 1 aromatic rings. The van der Waals surface area contributed by atoms with Gasteiger partial charge >= 0.3 is 0 Å². The molecule has 1 heterocycles. The van der Waals surface area contributed by atoms with Gasteiger partial charge in [0.25, 0.3) is 0 Å². The van der Waals surface area contributed by atoms with Crippen LogP contribution in [-0.4, -0.2) is 35.6 Å². The molecule has 1 aromatic carbocycles. The Hall–Kier alpha value is -1.33. The Morgan fingerprint density at radius 3 is 2.71 bits per heavy atom. The summed E-state index contributed by atoms with van der Waals surface area (Å²) < 4.78 is 0. The molecule has 0 radical (unpaired) electrons. The van der Waals surface area contributed by atoms with Gasteiger partial charge in [-0.05, 0) is 42.8 Å². The molecule has 0 aliphatic carbocycles. The molecule has 1 aliphatic rings. The number of nitrogens with zero attached hydrogens (tertiary/aromatic N) is 1. The minimum absolute atomic E-state index is 0.276. The van der Waals surface area contributed by atoms with Crippen molar-refractivity contribution in [2.45, 2.75) is 25.8 Å². The summed E-state index contributed by atoms with van der Waals surface area (Å²) in [7, 11) is 0. The van der Waals surface area contributed by atoms with Crippen molar-refractivity contribution in [2.75, 3.05) is 19.6 Å². The number of nitrogens with one attached hydrogen (secondary N) is 2. The van der Waals surface area contributed by atoms with Crippen LogP contribution in [0.15, 0.2) is 24.3 Å². The van der Waals surface area contributed by atoms with Crippen molar-refractivity contribution >= 4 is 34.8 Å². The van der Waals surface area contributed by atoms with Crippen LogP contribution in [-0.2, 0) is 11.3 Å². The van der Waals surface area contributed by atoms with E-state index in [9.17, 15) is 4.79 Å². The number of carbonyl (C=O) groups is 1. The summed E-state index contributed by atoms with van der Waals surface area (Å²) in [6.07, 6.45) is 2.61. The van der Waals surface area contributed by atoms with Gasteiger partial charge in [-0.25, -0.2) is 0 Å². The number of halogens is 1. The molecule has 1 saturated heterocycles. The second-order valence-corrected chi connectivity index (χ2v) is 5.92. The molecule has 1 amide bonds. The third kappa shape index (κ3) is 5.52. The van der Waals surface area contributed by atoms with E-state index < -0.39 is 0 Å². The van der Waals surface area contributed by atoms with Gasteiger partial charge in [-0.1, -0.05) is 23.7 Å². The average molecular weight is 326 g/mol. The van der Waals surface area contributed by atoms with E-state index in [0.717, 1.165) is 43.1 Å². The summed E-state index contributed by atoms with van der Waals surface area (Å²) in [5, 5.41) is 7.68. The van der Waals surface area contributed by atoms with Gasteiger partial charge in [0.2, 0.25) is 5.91 Å². The van der Waals surface area contributed by atoms with E-state index in [1.165, 1.54) is 0 Å². The van der Waals surface area contributed by atoms with E-state index in [-0.39, 0.29) is 5.91 Å². The number of hydrogen-bond acceptors (Lipinski definition) is 2. The monoisotopic (exact) mass is 325 g/mol. The standard InChI is InChI=1S/C15H20ClN3OS/c16-13-6-4-12(5-7-13)11-18-15(21)17-8-2-10-19-9-1-3-14(19)20/h4-7H,1-3,8-11H2,(H2,17,18,21). The van der Waals surface area contributed by atoms with Crippen LogP contribution in [0.4, 0.5) is 0 Å². The second-order valence-electron chi connectivity index (χ2n) is 5.07. The molecular weight excluding hydrogens is 306 g/mol. The van der Waals surface area contributed by atoms with Crippen LogP contribution in [0.25, 0.3) is 0 Å². The summed E-state index contributed by atoms with van der Waals surface area (Å²) in [4.78, 5) is 13.4. The maximum atomic E-state index is 11.4. The van der Waals surface area contributed by atoms with Crippen LogP contribution in [0, 0.1) is 0 Å². The van der Waals surface area contributed by atoms with Crippen molar-refractivity contribution in [1.29, 1.82) is 0 Å². The lowest BCUT2D eigenvalue weighted by atomic mass is 10.2. The zero-order valence-electron chi connectivity index (χ0n) is 11.9. The van der Waals surface area contributed by atoms with Crippen LogP contribution in [0.1, 0.15) is 24.8 Å².